The van der Waals surface area contributed by atoms with E-state index in [9.17, 15) is 5.11 Å². The molecule has 2 saturated heterocycles. The lowest BCUT2D eigenvalue weighted by molar-refractivity contribution is -0.0655. The van der Waals surface area contributed by atoms with Gasteiger partial charge in [0, 0.05) is 43.5 Å². The maximum absolute atomic E-state index is 10.2. The van der Waals surface area contributed by atoms with Gasteiger partial charge in [-0.3, -0.25) is 14.8 Å². The second-order valence-corrected chi connectivity index (χ2v) is 9.38. The SMILES string of the molecule is Cc1cccc(-c2ccc([C@H]3[C@@H](CO)N4CCCCN(Cc5cccnc5)C[C@@H]34)cc2)c1. The Labute approximate surface area is 191 Å². The van der Waals surface area contributed by atoms with Crippen LogP contribution in [0.3, 0.4) is 0 Å². The lowest BCUT2D eigenvalue weighted by Crippen LogP contribution is -2.67. The lowest BCUT2D eigenvalue weighted by Gasteiger charge is -2.57. The van der Waals surface area contributed by atoms with E-state index in [1.165, 1.54) is 40.7 Å². The Morgan fingerprint density at radius 3 is 2.56 bits per heavy atom. The summed E-state index contributed by atoms with van der Waals surface area (Å²) in [5.74, 6) is 0.376. The molecule has 2 aliphatic rings. The van der Waals surface area contributed by atoms with Crippen LogP contribution in [-0.4, -0.2) is 58.2 Å². The smallest absolute Gasteiger partial charge is 0.0593 e. The summed E-state index contributed by atoms with van der Waals surface area (Å²) in [5, 5.41) is 10.2. The molecule has 3 atom stereocenters. The molecule has 2 fully saturated rings. The van der Waals surface area contributed by atoms with Crippen molar-refractivity contribution in [2.45, 2.75) is 44.3 Å². The molecule has 0 spiro atoms. The van der Waals surface area contributed by atoms with E-state index in [-0.39, 0.29) is 12.6 Å². The van der Waals surface area contributed by atoms with Crippen LogP contribution in [0.2, 0.25) is 0 Å². The quantitative estimate of drug-likeness (QED) is 0.652. The maximum Gasteiger partial charge on any atom is 0.0593 e. The van der Waals surface area contributed by atoms with Gasteiger partial charge in [-0.2, -0.15) is 0 Å². The van der Waals surface area contributed by atoms with Crippen molar-refractivity contribution in [3.05, 3.63) is 89.7 Å². The second-order valence-electron chi connectivity index (χ2n) is 9.38. The normalized spacial score (nSPS) is 24.2. The number of nitrogens with zero attached hydrogens (tertiary/aromatic N) is 3. The van der Waals surface area contributed by atoms with Crippen LogP contribution in [0.15, 0.2) is 73.1 Å². The number of rotatable bonds is 5. The molecule has 4 heteroatoms. The van der Waals surface area contributed by atoms with Gasteiger partial charge in [-0.1, -0.05) is 60.2 Å². The van der Waals surface area contributed by atoms with E-state index in [0.717, 1.165) is 26.2 Å². The number of pyridine rings is 1. The average Bonchev–Trinajstić information content (AvgIpc) is 2.81. The summed E-state index contributed by atoms with van der Waals surface area (Å²) < 4.78 is 0. The second kappa shape index (κ2) is 9.53. The number of hydrogen-bond donors (Lipinski definition) is 1. The zero-order valence-corrected chi connectivity index (χ0v) is 18.9. The Balaban J connectivity index is 1.36. The molecule has 0 radical (unpaired) electrons. The van der Waals surface area contributed by atoms with Crippen LogP contribution >= 0.6 is 0 Å². The summed E-state index contributed by atoms with van der Waals surface area (Å²) in [6, 6.07) is 22.6. The van der Waals surface area contributed by atoms with Gasteiger partial charge in [-0.05, 0) is 61.2 Å². The van der Waals surface area contributed by atoms with E-state index in [1.807, 2.05) is 18.5 Å². The van der Waals surface area contributed by atoms with Crippen LogP contribution in [0.1, 0.15) is 35.4 Å². The highest BCUT2D eigenvalue weighted by Gasteiger charge is 2.48. The van der Waals surface area contributed by atoms with Crippen molar-refractivity contribution in [3.63, 3.8) is 0 Å². The highest BCUT2D eigenvalue weighted by molar-refractivity contribution is 5.64. The predicted octanol–water partition coefficient (Wildman–Crippen LogP) is 4.48. The number of benzene rings is 2. The first kappa shape index (κ1) is 21.3. The summed E-state index contributed by atoms with van der Waals surface area (Å²) >= 11 is 0. The van der Waals surface area contributed by atoms with Crippen LogP contribution in [0.25, 0.3) is 11.1 Å². The van der Waals surface area contributed by atoms with E-state index >= 15 is 0 Å². The van der Waals surface area contributed by atoms with Crippen LogP contribution in [0.4, 0.5) is 0 Å². The molecule has 0 saturated carbocycles. The molecule has 0 amide bonds. The molecule has 3 heterocycles. The third-order valence-electron chi connectivity index (χ3n) is 7.23. The van der Waals surface area contributed by atoms with Crippen LogP contribution < -0.4 is 0 Å². The summed E-state index contributed by atoms with van der Waals surface area (Å²) in [4.78, 5) is 9.43. The van der Waals surface area contributed by atoms with Gasteiger partial charge in [0.2, 0.25) is 0 Å². The number of fused-ring (bicyclic) bond motifs is 1. The molecular weight excluding hydrogens is 394 g/mol. The van der Waals surface area contributed by atoms with Gasteiger partial charge >= 0.3 is 0 Å². The average molecular weight is 428 g/mol. The highest BCUT2D eigenvalue weighted by Crippen LogP contribution is 2.42. The van der Waals surface area contributed by atoms with Gasteiger partial charge in [0.05, 0.1) is 6.61 Å². The standard InChI is InChI=1S/C28H33N3O/c1-21-6-4-8-25(16-21)23-9-11-24(12-10-23)28-26-19-30(18-22-7-5-13-29-17-22)14-2-3-15-31(26)27(28)20-32/h4-13,16-17,26-28,32H,2-3,14-15,18-20H2,1H3/t26-,27+,28+/m0/s1. The van der Waals surface area contributed by atoms with Crippen molar-refractivity contribution in [3.8, 4) is 11.1 Å². The molecule has 0 bridgehead atoms. The lowest BCUT2D eigenvalue weighted by atomic mass is 9.74. The fourth-order valence-electron chi connectivity index (χ4n) is 5.63. The molecule has 0 unspecified atom stereocenters. The Hall–Kier alpha value is -2.53. The Morgan fingerprint density at radius 2 is 1.81 bits per heavy atom. The molecule has 32 heavy (non-hydrogen) atoms. The van der Waals surface area contributed by atoms with Crippen molar-refractivity contribution >= 4 is 0 Å². The first-order chi connectivity index (χ1) is 15.7. The summed E-state index contributed by atoms with van der Waals surface area (Å²) in [6.45, 7) is 6.56. The van der Waals surface area contributed by atoms with Gasteiger partial charge in [-0.25, -0.2) is 0 Å². The molecule has 3 aromatic rings. The molecule has 166 valence electrons. The number of aliphatic hydroxyl groups excluding tert-OH is 1. The molecule has 2 aromatic carbocycles. The minimum atomic E-state index is 0.225. The van der Waals surface area contributed by atoms with E-state index < -0.39 is 0 Å². The predicted molar refractivity (Wildman–Crippen MR) is 129 cm³/mol. The Kier molecular flexibility index (Phi) is 6.35. The molecule has 5 rings (SSSR count). The molecular formula is C28H33N3O. The molecule has 1 aromatic heterocycles. The first-order valence-corrected chi connectivity index (χ1v) is 11.9. The summed E-state index contributed by atoms with van der Waals surface area (Å²) in [5.41, 5.74) is 6.43. The van der Waals surface area contributed by atoms with E-state index in [0.29, 0.717) is 12.0 Å². The molecule has 1 N–H and O–H groups in total. The van der Waals surface area contributed by atoms with E-state index in [4.69, 9.17) is 0 Å². The van der Waals surface area contributed by atoms with E-state index in [2.05, 4.69) is 76.3 Å². The number of aryl methyl sites for hydroxylation is 1. The number of aromatic nitrogens is 1. The van der Waals surface area contributed by atoms with Crippen LogP contribution in [0.5, 0.6) is 0 Å². The zero-order chi connectivity index (χ0) is 21.9. The highest BCUT2D eigenvalue weighted by atomic mass is 16.3. The van der Waals surface area contributed by atoms with Crippen LogP contribution in [-0.2, 0) is 6.54 Å². The number of aliphatic hydroxyl groups is 1. The van der Waals surface area contributed by atoms with Crippen molar-refractivity contribution in [1.82, 2.24) is 14.8 Å². The van der Waals surface area contributed by atoms with Gasteiger partial charge in [0.1, 0.15) is 0 Å². The Bertz CT molecular complexity index is 1020. The minimum Gasteiger partial charge on any atom is -0.395 e. The Morgan fingerprint density at radius 1 is 0.969 bits per heavy atom. The van der Waals surface area contributed by atoms with Crippen molar-refractivity contribution in [2.75, 3.05) is 26.2 Å². The van der Waals surface area contributed by atoms with E-state index in [1.54, 1.807) is 0 Å². The summed E-state index contributed by atoms with van der Waals surface area (Å²) in [7, 11) is 0. The molecule has 0 aliphatic carbocycles. The largest absolute Gasteiger partial charge is 0.395 e. The van der Waals surface area contributed by atoms with Crippen LogP contribution in [0, 0.1) is 6.92 Å². The summed E-state index contributed by atoms with van der Waals surface area (Å²) in [6.07, 6.45) is 6.22. The number of hydrogen-bond acceptors (Lipinski definition) is 4. The van der Waals surface area contributed by atoms with Crippen molar-refractivity contribution < 1.29 is 5.11 Å². The van der Waals surface area contributed by atoms with Gasteiger partial charge in [0.25, 0.3) is 0 Å². The topological polar surface area (TPSA) is 39.6 Å². The van der Waals surface area contributed by atoms with Gasteiger partial charge in [0.15, 0.2) is 0 Å². The third-order valence-corrected chi connectivity index (χ3v) is 7.23. The monoisotopic (exact) mass is 427 g/mol. The minimum absolute atomic E-state index is 0.225. The van der Waals surface area contributed by atoms with Crippen molar-refractivity contribution in [1.29, 1.82) is 0 Å². The zero-order valence-electron chi connectivity index (χ0n) is 18.9. The molecule has 2 aliphatic heterocycles. The van der Waals surface area contributed by atoms with Gasteiger partial charge < -0.3 is 5.11 Å². The first-order valence-electron chi connectivity index (χ1n) is 11.9. The fraction of sp³-hybridized carbons (Fsp3) is 0.393. The van der Waals surface area contributed by atoms with Gasteiger partial charge in [-0.15, -0.1) is 0 Å². The fourth-order valence-corrected chi connectivity index (χ4v) is 5.63. The maximum atomic E-state index is 10.2. The third kappa shape index (κ3) is 4.36. The molecule has 4 nitrogen and oxygen atoms in total. The van der Waals surface area contributed by atoms with Crippen molar-refractivity contribution in [2.24, 2.45) is 0 Å².